The predicted molar refractivity (Wildman–Crippen MR) is 139 cm³/mol. The van der Waals surface area contributed by atoms with E-state index in [-0.39, 0.29) is 0 Å². The highest BCUT2D eigenvalue weighted by molar-refractivity contribution is 6.31. The van der Waals surface area contributed by atoms with Gasteiger partial charge in [0.15, 0.2) is 0 Å². The topological polar surface area (TPSA) is 113 Å². The summed E-state index contributed by atoms with van der Waals surface area (Å²) in [7, 11) is 0. The first kappa shape index (κ1) is 27.0. The molecule has 8 nitrogen and oxygen atoms in total. The summed E-state index contributed by atoms with van der Waals surface area (Å²) >= 11 is 12.5. The summed E-state index contributed by atoms with van der Waals surface area (Å²) in [4.78, 5) is 0. The second-order valence-corrected chi connectivity index (χ2v) is 9.23. The minimum absolute atomic E-state index is 0.291. The average Bonchev–Trinajstić information content (AvgIpc) is 2.81. The molecule has 0 amide bonds. The van der Waals surface area contributed by atoms with E-state index in [9.17, 15) is 10.2 Å². The van der Waals surface area contributed by atoms with Crippen LogP contribution in [-0.2, 0) is 26.2 Å². The summed E-state index contributed by atoms with van der Waals surface area (Å²) < 4.78 is 0. The quantitative estimate of drug-likeness (QED) is 0.270. The molecule has 0 saturated carbocycles. The molecule has 0 aliphatic carbocycles. The molecule has 1 aliphatic rings. The fourth-order valence-electron chi connectivity index (χ4n) is 3.82. The number of phenolic OH excluding ortho intramolecular Hbond substituents is 2. The van der Waals surface area contributed by atoms with Crippen LogP contribution in [0.25, 0.3) is 0 Å². The first-order valence-electron chi connectivity index (χ1n) is 11.8. The van der Waals surface area contributed by atoms with E-state index >= 15 is 0 Å². The Hall–Kier alpha value is -1.62. The standard InChI is InChI=1S/C24H36Cl2N6O2/c25-21-9-17-13-29-5-1-27-2-6-30-14-18-10-22(26)12-20(24(18)34)16-32-8-4-28-3-7-31-15-19(11-21)23(17)33/h9-12,27-34H,1-8,13-16H2. The van der Waals surface area contributed by atoms with E-state index in [1.165, 1.54) is 0 Å². The van der Waals surface area contributed by atoms with Gasteiger partial charge in [-0.15, -0.1) is 0 Å². The molecule has 3 rings (SSSR count). The van der Waals surface area contributed by atoms with E-state index in [0.29, 0.717) is 47.7 Å². The lowest BCUT2D eigenvalue weighted by Crippen LogP contribution is -2.33. The van der Waals surface area contributed by atoms with Crippen molar-refractivity contribution in [2.75, 3.05) is 52.4 Å². The Morgan fingerprint density at radius 1 is 0.441 bits per heavy atom. The first-order chi connectivity index (χ1) is 16.5. The van der Waals surface area contributed by atoms with E-state index in [1.807, 2.05) is 0 Å². The molecule has 2 aromatic carbocycles. The molecule has 0 radical (unpaired) electrons. The van der Waals surface area contributed by atoms with Gasteiger partial charge in [-0.1, -0.05) is 23.2 Å². The smallest absolute Gasteiger partial charge is 0.124 e. The van der Waals surface area contributed by atoms with Crippen LogP contribution in [0.15, 0.2) is 24.3 Å². The lowest BCUT2D eigenvalue weighted by molar-refractivity contribution is 0.451. The summed E-state index contributed by atoms with van der Waals surface area (Å²) in [5, 5.41) is 42.6. The van der Waals surface area contributed by atoms with Crippen LogP contribution in [0.5, 0.6) is 11.5 Å². The summed E-state index contributed by atoms with van der Waals surface area (Å²) in [6, 6.07) is 7.22. The van der Waals surface area contributed by atoms with E-state index in [2.05, 4.69) is 31.9 Å². The summed E-state index contributed by atoms with van der Waals surface area (Å²) in [6.07, 6.45) is 0. The number of hydrogen-bond donors (Lipinski definition) is 8. The maximum Gasteiger partial charge on any atom is 0.124 e. The summed E-state index contributed by atoms with van der Waals surface area (Å²) in [6.45, 7) is 8.40. The fourth-order valence-corrected chi connectivity index (χ4v) is 4.35. The van der Waals surface area contributed by atoms with Gasteiger partial charge in [-0.2, -0.15) is 0 Å². The molecule has 1 heterocycles. The van der Waals surface area contributed by atoms with Crippen LogP contribution in [0.2, 0.25) is 10.0 Å². The Morgan fingerprint density at radius 2 is 0.676 bits per heavy atom. The molecule has 0 spiro atoms. The lowest BCUT2D eigenvalue weighted by Gasteiger charge is -2.14. The van der Waals surface area contributed by atoms with Crippen molar-refractivity contribution in [2.45, 2.75) is 26.2 Å². The van der Waals surface area contributed by atoms with Crippen LogP contribution in [0.1, 0.15) is 22.3 Å². The third-order valence-electron chi connectivity index (χ3n) is 5.64. The molecule has 188 valence electrons. The van der Waals surface area contributed by atoms with Crippen molar-refractivity contribution in [3.63, 3.8) is 0 Å². The third kappa shape index (κ3) is 8.87. The molecule has 10 heteroatoms. The molecule has 2 aromatic rings. The van der Waals surface area contributed by atoms with Gasteiger partial charge in [0.05, 0.1) is 0 Å². The molecular formula is C24H36Cl2N6O2. The maximum absolute atomic E-state index is 10.6. The second kappa shape index (κ2) is 14.7. The molecule has 8 N–H and O–H groups in total. The molecule has 0 unspecified atom stereocenters. The molecule has 0 aromatic heterocycles. The van der Waals surface area contributed by atoms with Crippen LogP contribution in [0.3, 0.4) is 0 Å². The second-order valence-electron chi connectivity index (χ2n) is 8.35. The van der Waals surface area contributed by atoms with Gasteiger partial charge in [-0.05, 0) is 24.3 Å². The third-order valence-corrected chi connectivity index (χ3v) is 6.08. The van der Waals surface area contributed by atoms with Gasteiger partial charge in [0.2, 0.25) is 0 Å². The fraction of sp³-hybridized carbons (Fsp3) is 0.500. The van der Waals surface area contributed by atoms with Crippen molar-refractivity contribution in [1.29, 1.82) is 0 Å². The van der Waals surface area contributed by atoms with Crippen LogP contribution in [0.4, 0.5) is 0 Å². The number of hydrogen-bond acceptors (Lipinski definition) is 8. The van der Waals surface area contributed by atoms with Crippen molar-refractivity contribution in [2.24, 2.45) is 0 Å². The first-order valence-corrected chi connectivity index (χ1v) is 12.5. The van der Waals surface area contributed by atoms with Gasteiger partial charge >= 0.3 is 0 Å². The van der Waals surface area contributed by atoms with Crippen LogP contribution < -0.4 is 31.9 Å². The van der Waals surface area contributed by atoms with E-state index in [1.54, 1.807) is 24.3 Å². The Balaban J connectivity index is 1.56. The number of rotatable bonds is 0. The van der Waals surface area contributed by atoms with E-state index < -0.39 is 0 Å². The maximum atomic E-state index is 10.6. The number of halogens is 2. The van der Waals surface area contributed by atoms with Gasteiger partial charge in [0, 0.05) is 111 Å². The molecule has 4 bridgehead atoms. The van der Waals surface area contributed by atoms with Crippen molar-refractivity contribution >= 4 is 23.2 Å². The number of nitrogens with one attached hydrogen (secondary N) is 6. The van der Waals surface area contributed by atoms with Crippen molar-refractivity contribution in [3.8, 4) is 11.5 Å². The van der Waals surface area contributed by atoms with Crippen LogP contribution in [-0.4, -0.2) is 62.6 Å². The number of benzene rings is 2. The molecule has 34 heavy (non-hydrogen) atoms. The number of fused-ring (bicyclic) bond motifs is 4. The Morgan fingerprint density at radius 3 is 0.941 bits per heavy atom. The Kier molecular flexibility index (Phi) is 11.7. The van der Waals surface area contributed by atoms with Crippen LogP contribution in [0, 0.1) is 0 Å². The van der Waals surface area contributed by atoms with Crippen molar-refractivity contribution in [3.05, 3.63) is 56.6 Å². The zero-order valence-corrected chi connectivity index (χ0v) is 21.0. The van der Waals surface area contributed by atoms with Gasteiger partial charge in [0.25, 0.3) is 0 Å². The normalized spacial score (nSPS) is 18.2. The Bertz CT molecular complexity index is 780. The predicted octanol–water partition coefficient (Wildman–Crippen LogP) is 1.66. The highest BCUT2D eigenvalue weighted by atomic mass is 35.5. The summed E-state index contributed by atoms with van der Waals surface area (Å²) in [5.74, 6) is 0.583. The molecule has 1 aliphatic heterocycles. The van der Waals surface area contributed by atoms with E-state index in [4.69, 9.17) is 23.2 Å². The molecular weight excluding hydrogens is 475 g/mol. The molecule has 0 atom stereocenters. The van der Waals surface area contributed by atoms with Gasteiger partial charge in [0.1, 0.15) is 11.5 Å². The SMILES string of the molecule is Oc1c2cc(Cl)cc1CNCCNCCNCc1cc(Cl)cc(c1O)CNCCNCCNC2. The monoisotopic (exact) mass is 510 g/mol. The highest BCUT2D eigenvalue weighted by Crippen LogP contribution is 2.28. The van der Waals surface area contributed by atoms with Crippen LogP contribution >= 0.6 is 23.2 Å². The van der Waals surface area contributed by atoms with Gasteiger partial charge in [-0.25, -0.2) is 0 Å². The zero-order valence-electron chi connectivity index (χ0n) is 19.4. The van der Waals surface area contributed by atoms with Crippen molar-refractivity contribution < 1.29 is 10.2 Å². The minimum Gasteiger partial charge on any atom is -0.507 e. The zero-order chi connectivity index (χ0) is 24.2. The lowest BCUT2D eigenvalue weighted by atomic mass is 10.1. The minimum atomic E-state index is 0.291. The largest absolute Gasteiger partial charge is 0.507 e. The molecule has 0 fully saturated rings. The van der Waals surface area contributed by atoms with Gasteiger partial charge in [-0.3, -0.25) is 0 Å². The van der Waals surface area contributed by atoms with Crippen molar-refractivity contribution in [1.82, 2.24) is 31.9 Å². The molecule has 0 saturated heterocycles. The highest BCUT2D eigenvalue weighted by Gasteiger charge is 2.11. The van der Waals surface area contributed by atoms with E-state index in [0.717, 1.165) is 74.6 Å². The number of phenols is 2. The Labute approximate surface area is 211 Å². The summed E-state index contributed by atoms with van der Waals surface area (Å²) in [5.41, 5.74) is 3.19. The number of aromatic hydroxyl groups is 2. The van der Waals surface area contributed by atoms with Gasteiger partial charge < -0.3 is 42.1 Å². The average molecular weight is 511 g/mol.